The van der Waals surface area contributed by atoms with Crippen LogP contribution in [0.25, 0.3) is 0 Å². The van der Waals surface area contributed by atoms with Crippen LogP contribution >= 0.6 is 11.6 Å². The Hall–Kier alpha value is -2.18. The monoisotopic (exact) mass is 324 g/mol. The fourth-order valence-corrected chi connectivity index (χ4v) is 2.16. The molecule has 1 aromatic heterocycles. The number of para-hydroxylation sites is 1. The number of hydrogen-bond acceptors (Lipinski definition) is 4. The number of amides is 2. The van der Waals surface area contributed by atoms with Gasteiger partial charge in [-0.2, -0.15) is 0 Å². The lowest BCUT2D eigenvalue weighted by Gasteiger charge is -2.21. The van der Waals surface area contributed by atoms with Crippen molar-refractivity contribution in [3.63, 3.8) is 0 Å². The Morgan fingerprint density at radius 2 is 2.18 bits per heavy atom. The summed E-state index contributed by atoms with van der Waals surface area (Å²) in [5.74, 6) is 0.741. The molecule has 2 aromatic rings. The first-order valence-corrected chi connectivity index (χ1v) is 6.95. The Morgan fingerprint density at radius 1 is 1.41 bits per heavy atom. The van der Waals surface area contributed by atoms with Crippen molar-refractivity contribution in [2.24, 2.45) is 0 Å². The highest BCUT2D eigenvalue weighted by Crippen LogP contribution is 2.32. The first-order valence-electron chi connectivity index (χ1n) is 6.58. The van der Waals surface area contributed by atoms with E-state index in [1.807, 2.05) is 0 Å². The molecule has 0 aliphatic carbocycles. The van der Waals surface area contributed by atoms with E-state index in [0.717, 1.165) is 0 Å². The maximum atomic E-state index is 11.9. The second kappa shape index (κ2) is 6.72. The molecule has 1 heterocycles. The van der Waals surface area contributed by atoms with Crippen LogP contribution in [-0.2, 0) is 5.60 Å². The van der Waals surface area contributed by atoms with E-state index in [0.29, 0.717) is 22.2 Å². The lowest BCUT2D eigenvalue weighted by Crippen LogP contribution is -2.40. The number of anilines is 1. The highest BCUT2D eigenvalue weighted by atomic mass is 35.5. The molecule has 1 unspecified atom stereocenters. The van der Waals surface area contributed by atoms with Gasteiger partial charge in [0, 0.05) is 0 Å². The van der Waals surface area contributed by atoms with Crippen LogP contribution in [0.4, 0.5) is 10.5 Å². The number of hydrogen-bond donors (Lipinski definition) is 3. The first-order chi connectivity index (χ1) is 10.4. The van der Waals surface area contributed by atoms with Crippen molar-refractivity contribution in [1.82, 2.24) is 5.32 Å². The van der Waals surface area contributed by atoms with Gasteiger partial charge in [-0.3, -0.25) is 0 Å². The van der Waals surface area contributed by atoms with Crippen molar-refractivity contribution in [2.75, 3.05) is 19.0 Å². The maximum absolute atomic E-state index is 11.9. The molecule has 7 heteroatoms. The summed E-state index contributed by atoms with van der Waals surface area (Å²) in [5.41, 5.74) is -0.871. The molecule has 2 rings (SSSR count). The van der Waals surface area contributed by atoms with E-state index in [-0.39, 0.29) is 6.54 Å². The van der Waals surface area contributed by atoms with E-state index < -0.39 is 11.6 Å². The van der Waals surface area contributed by atoms with Gasteiger partial charge in [0.2, 0.25) is 0 Å². The minimum atomic E-state index is -1.31. The van der Waals surface area contributed by atoms with Crippen LogP contribution in [0, 0.1) is 0 Å². The molecule has 0 saturated heterocycles. The number of urea groups is 1. The summed E-state index contributed by atoms with van der Waals surface area (Å²) >= 11 is 5.98. The lowest BCUT2D eigenvalue weighted by atomic mass is 10.0. The molecule has 0 fully saturated rings. The molecule has 0 bridgehead atoms. The number of ether oxygens (including phenoxy) is 1. The van der Waals surface area contributed by atoms with E-state index in [4.69, 9.17) is 20.8 Å². The third-order valence-corrected chi connectivity index (χ3v) is 3.36. The number of carbonyl (C=O) groups excluding carboxylic acids is 1. The summed E-state index contributed by atoms with van der Waals surface area (Å²) < 4.78 is 10.3. The average Bonchev–Trinajstić information content (AvgIpc) is 3.01. The molecule has 22 heavy (non-hydrogen) atoms. The van der Waals surface area contributed by atoms with Crippen LogP contribution in [0.5, 0.6) is 5.75 Å². The Kier molecular flexibility index (Phi) is 4.95. The van der Waals surface area contributed by atoms with E-state index in [9.17, 15) is 9.90 Å². The predicted octanol–water partition coefficient (Wildman–Crippen LogP) is 2.97. The van der Waals surface area contributed by atoms with Crippen LogP contribution < -0.4 is 15.4 Å². The number of nitrogens with one attached hydrogen (secondary N) is 2. The zero-order valence-electron chi connectivity index (χ0n) is 12.2. The van der Waals surface area contributed by atoms with E-state index in [1.165, 1.54) is 13.4 Å². The summed E-state index contributed by atoms with van der Waals surface area (Å²) in [5, 5.41) is 15.8. The van der Waals surface area contributed by atoms with Gasteiger partial charge in [0.25, 0.3) is 0 Å². The van der Waals surface area contributed by atoms with Gasteiger partial charge in [0.05, 0.1) is 30.6 Å². The SMILES string of the molecule is COc1c(Cl)cccc1NC(=O)NCC(C)(O)c1ccco1. The number of rotatable bonds is 5. The molecule has 0 aliphatic heterocycles. The van der Waals surface area contributed by atoms with E-state index in [2.05, 4.69) is 10.6 Å². The Labute approximate surface area is 133 Å². The number of aliphatic hydroxyl groups is 1. The number of benzene rings is 1. The third kappa shape index (κ3) is 3.72. The fourth-order valence-electron chi connectivity index (χ4n) is 1.91. The number of methoxy groups -OCH3 is 1. The van der Waals surface area contributed by atoms with Gasteiger partial charge in [-0.25, -0.2) is 4.79 Å². The highest BCUT2D eigenvalue weighted by Gasteiger charge is 2.26. The van der Waals surface area contributed by atoms with Crippen molar-refractivity contribution in [2.45, 2.75) is 12.5 Å². The zero-order chi connectivity index (χ0) is 16.2. The van der Waals surface area contributed by atoms with Crippen LogP contribution in [-0.4, -0.2) is 24.8 Å². The largest absolute Gasteiger partial charge is 0.493 e. The predicted molar refractivity (Wildman–Crippen MR) is 83.3 cm³/mol. The molecule has 1 atom stereocenters. The van der Waals surface area contributed by atoms with Gasteiger partial charge in [0.15, 0.2) is 5.75 Å². The number of halogens is 1. The lowest BCUT2D eigenvalue weighted by molar-refractivity contribution is 0.0372. The molecule has 3 N–H and O–H groups in total. The number of carbonyl (C=O) groups is 1. The standard InChI is InChI=1S/C15H17ClN2O4/c1-15(20,12-7-4-8-22-12)9-17-14(19)18-11-6-3-5-10(16)13(11)21-2/h3-8,20H,9H2,1-2H3,(H2,17,18,19). The first kappa shape index (κ1) is 16.2. The fraction of sp³-hybridized carbons (Fsp3) is 0.267. The minimum absolute atomic E-state index is 0.0186. The second-order valence-electron chi connectivity index (χ2n) is 4.88. The summed E-state index contributed by atoms with van der Waals surface area (Å²) in [6.45, 7) is 1.53. The second-order valence-corrected chi connectivity index (χ2v) is 5.29. The van der Waals surface area contributed by atoms with Crippen LogP contribution in [0.15, 0.2) is 41.0 Å². The van der Waals surface area contributed by atoms with E-state index >= 15 is 0 Å². The molecule has 6 nitrogen and oxygen atoms in total. The number of furan rings is 1. The molecule has 0 radical (unpaired) electrons. The topological polar surface area (TPSA) is 83.7 Å². The molecular formula is C15H17ClN2O4. The Balaban J connectivity index is 1.98. The smallest absolute Gasteiger partial charge is 0.319 e. The van der Waals surface area contributed by atoms with Crippen molar-refractivity contribution in [1.29, 1.82) is 0 Å². The molecule has 118 valence electrons. The van der Waals surface area contributed by atoms with Crippen molar-refractivity contribution >= 4 is 23.3 Å². The average molecular weight is 325 g/mol. The summed E-state index contributed by atoms with van der Waals surface area (Å²) in [4.78, 5) is 11.9. The Bertz CT molecular complexity index is 641. The van der Waals surface area contributed by atoms with Gasteiger partial charge >= 0.3 is 6.03 Å². The van der Waals surface area contributed by atoms with Gasteiger partial charge in [-0.1, -0.05) is 17.7 Å². The molecule has 1 aromatic carbocycles. The molecule has 2 amide bonds. The van der Waals surface area contributed by atoms with Crippen molar-refractivity contribution < 1.29 is 19.1 Å². The zero-order valence-corrected chi connectivity index (χ0v) is 13.0. The highest BCUT2D eigenvalue weighted by molar-refractivity contribution is 6.32. The molecular weight excluding hydrogens is 308 g/mol. The van der Waals surface area contributed by atoms with Crippen molar-refractivity contribution in [3.8, 4) is 5.75 Å². The molecule has 0 aliphatic rings. The normalized spacial score (nSPS) is 13.3. The quantitative estimate of drug-likeness (QED) is 0.789. The molecule has 0 spiro atoms. The third-order valence-electron chi connectivity index (χ3n) is 3.06. The molecule has 0 saturated carbocycles. The summed E-state index contributed by atoms with van der Waals surface area (Å²) in [7, 11) is 1.46. The van der Waals surface area contributed by atoms with Gasteiger partial charge in [-0.05, 0) is 31.2 Å². The van der Waals surface area contributed by atoms with Gasteiger partial charge < -0.3 is 24.9 Å². The minimum Gasteiger partial charge on any atom is -0.493 e. The van der Waals surface area contributed by atoms with Crippen molar-refractivity contribution in [3.05, 3.63) is 47.4 Å². The maximum Gasteiger partial charge on any atom is 0.319 e. The van der Waals surface area contributed by atoms with Crippen LogP contribution in [0.2, 0.25) is 5.02 Å². The Morgan fingerprint density at radius 3 is 2.82 bits per heavy atom. The van der Waals surface area contributed by atoms with Crippen LogP contribution in [0.1, 0.15) is 12.7 Å². The summed E-state index contributed by atoms with van der Waals surface area (Å²) in [6.07, 6.45) is 1.46. The van der Waals surface area contributed by atoms with Crippen LogP contribution in [0.3, 0.4) is 0 Å². The summed E-state index contributed by atoms with van der Waals surface area (Å²) in [6, 6.07) is 7.83. The van der Waals surface area contributed by atoms with E-state index in [1.54, 1.807) is 37.3 Å². The van der Waals surface area contributed by atoms with Gasteiger partial charge in [-0.15, -0.1) is 0 Å². The van der Waals surface area contributed by atoms with Gasteiger partial charge in [0.1, 0.15) is 11.4 Å².